The fourth-order valence-electron chi connectivity index (χ4n) is 2.62. The van der Waals surface area contributed by atoms with Crippen molar-refractivity contribution >= 4 is 23.6 Å². The number of carbonyl (C=O) groups excluding carboxylic acids is 3. The minimum atomic E-state index is -0.828. The summed E-state index contributed by atoms with van der Waals surface area (Å²) in [6, 6.07) is 2.76. The van der Waals surface area contributed by atoms with E-state index >= 15 is 0 Å². The van der Waals surface area contributed by atoms with E-state index in [-0.39, 0.29) is 19.1 Å². The van der Waals surface area contributed by atoms with E-state index in [0.29, 0.717) is 5.69 Å². The summed E-state index contributed by atoms with van der Waals surface area (Å²) in [5.41, 5.74) is 2.40. The Morgan fingerprint density at radius 2 is 1.72 bits per heavy atom. The summed E-state index contributed by atoms with van der Waals surface area (Å²) in [7, 11) is 0. The molecule has 0 aliphatic carbocycles. The van der Waals surface area contributed by atoms with Gasteiger partial charge in [0.25, 0.3) is 0 Å². The average molecular weight is 408 g/mol. The van der Waals surface area contributed by atoms with Crippen LogP contribution in [-0.2, 0) is 20.9 Å². The van der Waals surface area contributed by atoms with Gasteiger partial charge in [-0.1, -0.05) is 19.9 Å². The molecule has 0 radical (unpaired) electrons. The van der Waals surface area contributed by atoms with Crippen molar-refractivity contribution in [2.24, 2.45) is 5.92 Å². The van der Waals surface area contributed by atoms with Crippen LogP contribution in [0.5, 0.6) is 0 Å². The van der Waals surface area contributed by atoms with Gasteiger partial charge >= 0.3 is 6.09 Å². The maximum absolute atomic E-state index is 12.5. The maximum atomic E-state index is 12.5. The van der Waals surface area contributed by atoms with Gasteiger partial charge in [0.2, 0.25) is 11.8 Å². The van der Waals surface area contributed by atoms with Crippen LogP contribution >= 0.6 is 0 Å². The van der Waals surface area contributed by atoms with E-state index in [4.69, 9.17) is 4.74 Å². The lowest BCUT2D eigenvalue weighted by Crippen LogP contribution is -2.52. The third kappa shape index (κ3) is 8.11. The van der Waals surface area contributed by atoms with Crippen LogP contribution in [0.1, 0.15) is 51.3 Å². The van der Waals surface area contributed by atoms with Crippen molar-refractivity contribution in [2.75, 3.05) is 11.9 Å². The molecule has 0 heterocycles. The molecule has 0 saturated heterocycles. The molecule has 4 N–H and O–H groups in total. The van der Waals surface area contributed by atoms with E-state index in [9.17, 15) is 19.5 Å². The smallest absolute Gasteiger partial charge is 0.408 e. The Bertz CT molecular complexity index is 753. The van der Waals surface area contributed by atoms with Gasteiger partial charge in [-0.25, -0.2) is 4.79 Å². The number of anilines is 1. The number of ether oxygens (including phenoxy) is 1. The first-order valence-corrected chi connectivity index (χ1v) is 9.62. The number of nitrogens with one attached hydrogen (secondary N) is 3. The van der Waals surface area contributed by atoms with Crippen LogP contribution in [0.4, 0.5) is 10.5 Å². The predicted octanol–water partition coefficient (Wildman–Crippen LogP) is 2.40. The lowest BCUT2D eigenvalue weighted by Gasteiger charge is -2.25. The summed E-state index contributed by atoms with van der Waals surface area (Å²) in [5, 5.41) is 17.2. The van der Waals surface area contributed by atoms with Gasteiger partial charge in [0, 0.05) is 5.69 Å². The standard InChI is InChI=1S/C21H33N3O5/c1-12(2)18(24-20(28)29-21(5,6)7)19(27)22-10-17(26)23-16-9-13(3)15(11-25)8-14(16)4/h8-9,12,18,25H,10-11H2,1-7H3,(H,22,27)(H,23,26)(H,24,28). The molecule has 1 unspecified atom stereocenters. The summed E-state index contributed by atoms with van der Waals surface area (Å²) in [4.78, 5) is 36.7. The lowest BCUT2D eigenvalue weighted by atomic mass is 10.0. The number of benzene rings is 1. The van der Waals surface area contributed by atoms with Crippen LogP contribution in [0.25, 0.3) is 0 Å². The van der Waals surface area contributed by atoms with Gasteiger partial charge in [-0.05, 0) is 63.3 Å². The van der Waals surface area contributed by atoms with Gasteiger partial charge in [0.05, 0.1) is 13.2 Å². The summed E-state index contributed by atoms with van der Waals surface area (Å²) in [6.45, 7) is 12.1. The van der Waals surface area contributed by atoms with Crippen LogP contribution in [0, 0.1) is 19.8 Å². The van der Waals surface area contributed by atoms with E-state index < -0.39 is 29.6 Å². The topological polar surface area (TPSA) is 117 Å². The quantitative estimate of drug-likeness (QED) is 0.554. The number of rotatable bonds is 7. The lowest BCUT2D eigenvalue weighted by molar-refractivity contribution is -0.126. The molecule has 162 valence electrons. The Kier molecular flexibility index (Phi) is 8.63. The second kappa shape index (κ2) is 10.2. The van der Waals surface area contributed by atoms with Crippen molar-refractivity contribution in [3.8, 4) is 0 Å². The molecule has 1 aromatic rings. The molecule has 3 amide bonds. The number of hydrogen-bond acceptors (Lipinski definition) is 5. The highest BCUT2D eigenvalue weighted by molar-refractivity contribution is 5.96. The van der Waals surface area contributed by atoms with Crippen molar-refractivity contribution in [2.45, 2.75) is 66.7 Å². The molecule has 0 aliphatic heterocycles. The van der Waals surface area contributed by atoms with E-state index in [1.54, 1.807) is 40.7 Å². The predicted molar refractivity (Wildman–Crippen MR) is 111 cm³/mol. The summed E-state index contributed by atoms with van der Waals surface area (Å²) in [6.07, 6.45) is -0.689. The zero-order valence-electron chi connectivity index (χ0n) is 18.3. The largest absolute Gasteiger partial charge is 0.444 e. The number of alkyl carbamates (subject to hydrolysis) is 1. The second-order valence-electron chi connectivity index (χ2n) is 8.39. The van der Waals surface area contributed by atoms with Crippen LogP contribution < -0.4 is 16.0 Å². The number of aryl methyl sites for hydroxylation is 2. The van der Waals surface area contributed by atoms with Crippen LogP contribution in [0.3, 0.4) is 0 Å². The minimum Gasteiger partial charge on any atom is -0.444 e. The normalized spacial score (nSPS) is 12.3. The number of hydrogen-bond donors (Lipinski definition) is 4. The van der Waals surface area contributed by atoms with Gasteiger partial charge < -0.3 is 25.8 Å². The van der Waals surface area contributed by atoms with Crippen LogP contribution in [0.15, 0.2) is 12.1 Å². The molecule has 29 heavy (non-hydrogen) atoms. The summed E-state index contributed by atoms with van der Waals surface area (Å²) in [5.74, 6) is -1.05. The third-order valence-corrected chi connectivity index (χ3v) is 4.17. The highest BCUT2D eigenvalue weighted by atomic mass is 16.6. The van der Waals surface area contributed by atoms with Gasteiger partial charge in [0.15, 0.2) is 0 Å². The van der Waals surface area contributed by atoms with Gasteiger partial charge in [-0.15, -0.1) is 0 Å². The maximum Gasteiger partial charge on any atom is 0.408 e. The summed E-state index contributed by atoms with van der Waals surface area (Å²) >= 11 is 0. The number of amides is 3. The Hall–Kier alpha value is -2.61. The van der Waals surface area contributed by atoms with Crippen LogP contribution in [-0.4, -0.2) is 41.2 Å². The van der Waals surface area contributed by atoms with E-state index in [0.717, 1.165) is 16.7 Å². The molecule has 0 bridgehead atoms. The molecule has 0 saturated carbocycles. The van der Waals surface area contributed by atoms with Crippen molar-refractivity contribution in [3.63, 3.8) is 0 Å². The third-order valence-electron chi connectivity index (χ3n) is 4.17. The zero-order valence-corrected chi connectivity index (χ0v) is 18.3. The SMILES string of the molecule is Cc1cc(NC(=O)CNC(=O)C(NC(=O)OC(C)(C)C)C(C)C)c(C)cc1CO. The molecule has 1 aromatic carbocycles. The Morgan fingerprint density at radius 3 is 2.24 bits per heavy atom. The zero-order chi connectivity index (χ0) is 22.4. The highest BCUT2D eigenvalue weighted by Crippen LogP contribution is 2.20. The Balaban J connectivity index is 2.68. The van der Waals surface area contributed by atoms with Gasteiger partial charge in [-0.3, -0.25) is 9.59 Å². The number of aliphatic hydroxyl groups is 1. The monoisotopic (exact) mass is 407 g/mol. The molecule has 0 aliphatic rings. The van der Waals surface area contributed by atoms with Crippen molar-refractivity contribution in [1.82, 2.24) is 10.6 Å². The Morgan fingerprint density at radius 1 is 1.10 bits per heavy atom. The van der Waals surface area contributed by atoms with Gasteiger partial charge in [0.1, 0.15) is 11.6 Å². The van der Waals surface area contributed by atoms with Crippen molar-refractivity contribution in [1.29, 1.82) is 0 Å². The highest BCUT2D eigenvalue weighted by Gasteiger charge is 2.27. The fraction of sp³-hybridized carbons (Fsp3) is 0.571. The molecule has 8 nitrogen and oxygen atoms in total. The van der Waals surface area contributed by atoms with Gasteiger partial charge in [-0.2, -0.15) is 0 Å². The molecular weight excluding hydrogens is 374 g/mol. The minimum absolute atomic E-state index is 0.0712. The molecule has 0 spiro atoms. The number of carbonyl (C=O) groups is 3. The molecule has 1 rings (SSSR count). The first-order valence-electron chi connectivity index (χ1n) is 9.62. The van der Waals surface area contributed by atoms with E-state index in [1.807, 2.05) is 19.9 Å². The second-order valence-corrected chi connectivity index (χ2v) is 8.39. The van der Waals surface area contributed by atoms with E-state index in [1.165, 1.54) is 0 Å². The summed E-state index contributed by atoms with van der Waals surface area (Å²) < 4.78 is 5.19. The average Bonchev–Trinajstić information content (AvgIpc) is 2.58. The van der Waals surface area contributed by atoms with Crippen LogP contribution in [0.2, 0.25) is 0 Å². The first kappa shape index (κ1) is 24.4. The van der Waals surface area contributed by atoms with Crippen molar-refractivity contribution in [3.05, 3.63) is 28.8 Å². The fourth-order valence-corrected chi connectivity index (χ4v) is 2.62. The Labute approximate surface area is 172 Å². The first-order chi connectivity index (χ1) is 13.3. The number of aliphatic hydroxyl groups excluding tert-OH is 1. The molecule has 0 fully saturated rings. The van der Waals surface area contributed by atoms with Crippen molar-refractivity contribution < 1.29 is 24.2 Å². The molecule has 8 heteroatoms. The molecule has 1 atom stereocenters. The molecular formula is C21H33N3O5. The molecule has 0 aromatic heterocycles. The van der Waals surface area contributed by atoms with E-state index in [2.05, 4.69) is 16.0 Å².